The molecule has 14 aliphatic rings. The Morgan fingerprint density at radius 3 is 1.00 bits per heavy atom. The van der Waals surface area contributed by atoms with Crippen LogP contribution >= 0.6 is 0 Å². The maximum absolute atomic E-state index is 13.4. The van der Waals surface area contributed by atoms with E-state index in [0.29, 0.717) is 104 Å². The molecule has 0 spiro atoms. The van der Waals surface area contributed by atoms with Crippen molar-refractivity contribution in [2.75, 3.05) is 0 Å². The van der Waals surface area contributed by atoms with Gasteiger partial charge in [-0.3, -0.25) is 0 Å². The summed E-state index contributed by atoms with van der Waals surface area (Å²) < 4.78 is 50.9. The second-order valence-electron chi connectivity index (χ2n) is 47.2. The molecule has 8 N–H and O–H groups in total. The van der Waals surface area contributed by atoms with Crippen molar-refractivity contribution in [1.82, 2.24) is 0 Å². The SMILES string of the molecule is C=C1/C(=C\C=C2/CCC[C@@]3(C)C2CC[C@@H]3[C@H](C)CCC2(S(=O)(=O)C(C)(C)C)CC2)C[C@@H](O)C[C@@H]1O.C=C1/C(=C\C=C2/CCC[C@]3(C)C([C@H](C)CCC4(S(=O)(=O)C(C)(C)C)CCC4)=CC[C@@H]23)C[C@@H](O)C[C@@H]1O.C=C1/C(=C\C=C2/CCC[C@]3(C)[C@@H]([C@H](C)CC=C(C)C)CC[C@@H]23)C[C@@H](O)C[C@@H]1O.C=C1/C(=C\C=C2/CCC[C@]3(C)[C@@H]([C@H](C)CC=C(C)C)CC[C@@H]23)C[C@H](O)C[C@H]1O. The summed E-state index contributed by atoms with van der Waals surface area (Å²) in [5, 5.41) is 80.8. The predicted octanol–water partition coefficient (Wildman–Crippen LogP) is 25.1. The Balaban J connectivity index is 0.000000165. The first-order valence-corrected chi connectivity index (χ1v) is 53.6. The zero-order chi connectivity index (χ0) is 93.3. The van der Waals surface area contributed by atoms with Crippen LogP contribution in [0.2, 0.25) is 0 Å². The monoisotopic (exact) mass is 1790 g/mol. The van der Waals surface area contributed by atoms with Crippen LogP contribution < -0.4 is 0 Å². The molecule has 0 aliphatic heterocycles. The van der Waals surface area contributed by atoms with E-state index in [2.05, 4.69) is 176 Å². The smallest absolute Gasteiger partial charge is 0.160 e. The second kappa shape index (κ2) is 41.5. The van der Waals surface area contributed by atoms with Crippen LogP contribution in [0.3, 0.4) is 0 Å². The number of aliphatic hydroxyl groups excluding tert-OH is 8. The molecule has 712 valence electrons. The molecule has 12 nitrogen and oxygen atoms in total. The third-order valence-electron chi connectivity index (χ3n) is 36.1. The fourth-order valence-electron chi connectivity index (χ4n) is 27.9. The molecule has 0 bridgehead atoms. The van der Waals surface area contributed by atoms with E-state index in [1.807, 2.05) is 41.5 Å². The van der Waals surface area contributed by atoms with E-state index < -0.39 is 87.5 Å². The second-order valence-corrected chi connectivity index (χ2v) is 53.4. The number of aliphatic hydroxyl groups is 8. The lowest BCUT2D eigenvalue weighted by Crippen LogP contribution is -2.52. The van der Waals surface area contributed by atoms with Gasteiger partial charge in [0.1, 0.15) is 0 Å². The third-order valence-corrected chi connectivity index (χ3v) is 42.8. The molecule has 0 radical (unpaired) electrons. The lowest BCUT2D eigenvalue weighted by atomic mass is 9.60. The van der Waals surface area contributed by atoms with Gasteiger partial charge in [0.2, 0.25) is 0 Å². The minimum Gasteiger partial charge on any atom is -0.393 e. The van der Waals surface area contributed by atoms with Gasteiger partial charge in [-0.2, -0.15) is 0 Å². The topological polar surface area (TPSA) is 230 Å². The largest absolute Gasteiger partial charge is 0.393 e. The number of rotatable bonds is 20. The summed E-state index contributed by atoms with van der Waals surface area (Å²) in [5.74, 6) is 7.04. The molecule has 0 aromatic carbocycles. The molecular formula is C113H176O12S2. The molecular weight excluding hydrogens is 1610 g/mol. The lowest BCUT2D eigenvalue weighted by Gasteiger charge is -2.46. The van der Waals surface area contributed by atoms with Crippen molar-refractivity contribution in [1.29, 1.82) is 0 Å². The molecule has 0 heterocycles. The maximum atomic E-state index is 13.4. The van der Waals surface area contributed by atoms with Gasteiger partial charge in [-0.05, 0) is 412 Å². The van der Waals surface area contributed by atoms with E-state index >= 15 is 0 Å². The Kier molecular flexibility index (Phi) is 33.7. The molecule has 1 unspecified atom stereocenters. The van der Waals surface area contributed by atoms with Crippen LogP contribution in [0, 0.1) is 86.8 Å². The molecule has 13 fully saturated rings. The number of fused-ring (bicyclic) bond motifs is 4. The molecule has 127 heavy (non-hydrogen) atoms. The van der Waals surface area contributed by atoms with Gasteiger partial charge in [0.15, 0.2) is 19.7 Å². The van der Waals surface area contributed by atoms with Gasteiger partial charge in [0, 0.05) is 25.7 Å². The Hall–Kier alpha value is -4.32. The molecule has 0 amide bonds. The van der Waals surface area contributed by atoms with Crippen molar-refractivity contribution in [3.05, 3.63) is 177 Å². The highest BCUT2D eigenvalue weighted by atomic mass is 32.2. The van der Waals surface area contributed by atoms with Crippen LogP contribution in [0.5, 0.6) is 0 Å². The van der Waals surface area contributed by atoms with Crippen LogP contribution in [0.15, 0.2) is 177 Å². The van der Waals surface area contributed by atoms with Gasteiger partial charge in [-0.15, -0.1) is 0 Å². The summed E-state index contributed by atoms with van der Waals surface area (Å²) in [6, 6.07) is 0. The highest BCUT2D eigenvalue weighted by molar-refractivity contribution is 7.94. The molecule has 0 aromatic heterocycles. The molecule has 23 atom stereocenters. The van der Waals surface area contributed by atoms with E-state index in [1.54, 1.807) is 11.1 Å². The van der Waals surface area contributed by atoms with Crippen LogP contribution in [0.4, 0.5) is 0 Å². The van der Waals surface area contributed by atoms with E-state index in [0.717, 1.165) is 152 Å². The molecule has 14 heteroatoms. The Morgan fingerprint density at radius 1 is 0.402 bits per heavy atom. The highest BCUT2D eigenvalue weighted by Crippen LogP contribution is 2.65. The first-order chi connectivity index (χ1) is 59.4. The van der Waals surface area contributed by atoms with Gasteiger partial charge in [0.05, 0.1) is 67.8 Å². The Morgan fingerprint density at radius 2 is 0.701 bits per heavy atom. The minimum atomic E-state index is -3.18. The van der Waals surface area contributed by atoms with E-state index in [-0.39, 0.29) is 10.8 Å². The number of hydrogen-bond donors (Lipinski definition) is 8. The molecule has 13 saturated carbocycles. The summed E-state index contributed by atoms with van der Waals surface area (Å²) in [6.45, 7) is 55.7. The highest BCUT2D eigenvalue weighted by Gasteiger charge is 2.60. The van der Waals surface area contributed by atoms with E-state index in [4.69, 9.17) is 0 Å². The van der Waals surface area contributed by atoms with Crippen LogP contribution in [-0.2, 0) is 19.7 Å². The summed E-state index contributed by atoms with van der Waals surface area (Å²) in [4.78, 5) is 0. The fraction of sp³-hybridized carbons (Fsp3) is 0.735. The molecule has 14 aliphatic carbocycles. The first-order valence-electron chi connectivity index (χ1n) is 50.6. The van der Waals surface area contributed by atoms with Gasteiger partial charge in [-0.25, -0.2) is 16.8 Å². The quantitative estimate of drug-likeness (QED) is 0.0532. The van der Waals surface area contributed by atoms with Crippen LogP contribution in [-0.4, -0.2) is 126 Å². The van der Waals surface area contributed by atoms with Crippen molar-refractivity contribution in [3.63, 3.8) is 0 Å². The van der Waals surface area contributed by atoms with Gasteiger partial charge in [0.25, 0.3) is 0 Å². The average Bonchev–Trinajstić information content (AvgIpc) is 1.61. The average molecular weight is 1790 g/mol. The zero-order valence-corrected chi connectivity index (χ0v) is 84.2. The zero-order valence-electron chi connectivity index (χ0n) is 82.5. The van der Waals surface area contributed by atoms with Gasteiger partial charge in [-0.1, -0.05) is 194 Å². The van der Waals surface area contributed by atoms with E-state index in [9.17, 15) is 57.7 Å². The van der Waals surface area contributed by atoms with Crippen molar-refractivity contribution < 1.29 is 57.7 Å². The van der Waals surface area contributed by atoms with Crippen molar-refractivity contribution in [2.45, 2.75) is 436 Å². The van der Waals surface area contributed by atoms with Crippen molar-refractivity contribution in [3.8, 4) is 0 Å². The summed E-state index contributed by atoms with van der Waals surface area (Å²) >= 11 is 0. The van der Waals surface area contributed by atoms with Crippen LogP contribution in [0.25, 0.3) is 0 Å². The number of allylic oxidation sites excluding steroid dienone is 18. The fourth-order valence-corrected chi connectivity index (χ4v) is 32.8. The van der Waals surface area contributed by atoms with Gasteiger partial charge < -0.3 is 40.9 Å². The van der Waals surface area contributed by atoms with Crippen molar-refractivity contribution >= 4 is 19.7 Å². The standard InChI is InChI=1S/C31H48O4S.C30H48O4S.2C26H40O2/c1-21(14-18-31(16-8-17-31)36(34,35)29(3,4)5)26-12-13-27-23(9-7-15-30(26,27)6)10-11-24-19-25(32)20-28(33)22(24)2;1-20(13-15-30(16-17-30)35(33,34)28(3,4)5)25-11-12-26-22(8-7-14-29(25,26)6)9-10-23-18-24(31)19-27(32)21(23)2;2*1-17(2)8-9-18(3)23-12-13-24-20(7-6-14-26(23,24)5)10-11-21-15-22(27)16-25(28)19(21)4/h10-12,21,25,27-28,32-33H,2,7-9,13-20H2,1,3-6H3;9-10,20,24-27,31-32H,2,7-8,11-19H2,1,3-6H3;2*8,10-11,18,22-25,27-28H,4,6-7,9,12-16H2,1-3,5H3/b23-10+,24-11-;22-9+,23-10-;2*20-10+,21-11-/t21-,25-,27+,28+,30-;20-,24-,25-,26?,27+,29-;18-,22+,23-,24+,25-,26-;18-,22-,23-,24+,25+,26-/m1111/s1. The van der Waals surface area contributed by atoms with Crippen molar-refractivity contribution in [2.24, 2.45) is 86.8 Å². The maximum Gasteiger partial charge on any atom is 0.160 e. The molecule has 14 rings (SSSR count). The summed E-state index contributed by atoms with van der Waals surface area (Å²) in [6.07, 6.45) is 58.1. The Bertz CT molecular complexity index is 4430. The number of hydrogen-bond acceptors (Lipinski definition) is 12. The summed E-state index contributed by atoms with van der Waals surface area (Å²) in [7, 11) is -6.30. The molecule has 0 saturated heterocycles. The first kappa shape index (κ1) is 103. The number of sulfone groups is 2. The minimum absolute atomic E-state index is 0.125. The lowest BCUT2D eigenvalue weighted by molar-refractivity contribution is 0.0855. The Labute approximate surface area is 772 Å². The predicted molar refractivity (Wildman–Crippen MR) is 528 cm³/mol. The van der Waals surface area contributed by atoms with Crippen LogP contribution in [0.1, 0.15) is 369 Å². The molecule has 0 aromatic rings. The third kappa shape index (κ3) is 22.4. The van der Waals surface area contributed by atoms with E-state index in [1.165, 1.54) is 137 Å². The normalized spacial score (nSPS) is 38.4. The summed E-state index contributed by atoms with van der Waals surface area (Å²) in [5.41, 5.74) is 18.8. The van der Waals surface area contributed by atoms with Gasteiger partial charge >= 0.3 is 0 Å².